The van der Waals surface area contributed by atoms with Crippen LogP contribution in [-0.2, 0) is 6.54 Å². The largest absolute Gasteiger partial charge is 0.287 e. The topological polar surface area (TPSA) is 60.7 Å². The molecule has 0 bridgehead atoms. The van der Waals surface area contributed by atoms with Gasteiger partial charge in [-0.3, -0.25) is 9.48 Å². The summed E-state index contributed by atoms with van der Waals surface area (Å²) in [5.74, 6) is -0.276. The standard InChI is InChI=1S/C17H15ClN4O/c1-11-4-3-5-13(6-11)9-22-12(2)7-15(21-22)16(23)14-8-19-10-20-17(14)18/h3-8,10H,9H2,1-2H3. The number of carbonyl (C=O) groups excluding carboxylic acids is 1. The lowest BCUT2D eigenvalue weighted by Crippen LogP contribution is -2.08. The Bertz CT molecular complexity index is 873. The number of aryl methyl sites for hydroxylation is 2. The van der Waals surface area contributed by atoms with Crippen molar-refractivity contribution < 1.29 is 4.79 Å². The van der Waals surface area contributed by atoms with Crippen molar-refractivity contribution >= 4 is 17.4 Å². The molecule has 2 heterocycles. The van der Waals surface area contributed by atoms with Crippen molar-refractivity contribution in [2.75, 3.05) is 0 Å². The molecule has 1 aromatic carbocycles. The van der Waals surface area contributed by atoms with Crippen molar-refractivity contribution in [2.45, 2.75) is 20.4 Å². The highest BCUT2D eigenvalue weighted by molar-refractivity contribution is 6.33. The van der Waals surface area contributed by atoms with Crippen LogP contribution in [-0.4, -0.2) is 25.5 Å². The maximum Gasteiger partial charge on any atom is 0.217 e. The predicted octanol–water partition coefficient (Wildman–Crippen LogP) is 3.22. The van der Waals surface area contributed by atoms with Gasteiger partial charge in [-0.25, -0.2) is 9.97 Å². The van der Waals surface area contributed by atoms with Crippen LogP contribution in [0.15, 0.2) is 42.9 Å². The number of nitrogens with zero attached hydrogens (tertiary/aromatic N) is 4. The van der Waals surface area contributed by atoms with Crippen molar-refractivity contribution in [3.05, 3.63) is 76.1 Å². The van der Waals surface area contributed by atoms with Crippen LogP contribution in [0, 0.1) is 13.8 Å². The maximum atomic E-state index is 12.5. The van der Waals surface area contributed by atoms with Gasteiger partial charge in [-0.05, 0) is 25.5 Å². The van der Waals surface area contributed by atoms with Crippen molar-refractivity contribution in [1.29, 1.82) is 0 Å². The quantitative estimate of drug-likeness (QED) is 0.545. The molecule has 0 radical (unpaired) electrons. The Hall–Kier alpha value is -2.53. The predicted molar refractivity (Wildman–Crippen MR) is 87.7 cm³/mol. The number of halogens is 1. The number of ketones is 1. The van der Waals surface area contributed by atoms with Gasteiger partial charge in [0.15, 0.2) is 0 Å². The third kappa shape index (κ3) is 3.29. The Morgan fingerprint density at radius 2 is 2.09 bits per heavy atom. The van der Waals surface area contributed by atoms with Crippen LogP contribution in [0.25, 0.3) is 0 Å². The molecule has 0 saturated carbocycles. The second kappa shape index (κ2) is 6.30. The molecule has 0 spiro atoms. The van der Waals surface area contributed by atoms with Crippen molar-refractivity contribution in [1.82, 2.24) is 19.7 Å². The van der Waals surface area contributed by atoms with Crippen LogP contribution in [0.4, 0.5) is 0 Å². The van der Waals surface area contributed by atoms with Crippen LogP contribution in [0.2, 0.25) is 5.15 Å². The van der Waals surface area contributed by atoms with Gasteiger partial charge < -0.3 is 0 Å². The van der Waals surface area contributed by atoms with Crippen molar-refractivity contribution in [2.24, 2.45) is 0 Å². The average molecular weight is 327 g/mol. The van der Waals surface area contributed by atoms with E-state index < -0.39 is 0 Å². The number of aromatic nitrogens is 4. The highest BCUT2D eigenvalue weighted by Gasteiger charge is 2.18. The second-order valence-electron chi connectivity index (χ2n) is 5.37. The van der Waals surface area contributed by atoms with E-state index in [0.29, 0.717) is 12.2 Å². The first-order chi connectivity index (χ1) is 11.0. The van der Waals surface area contributed by atoms with E-state index in [1.807, 2.05) is 32.0 Å². The fourth-order valence-electron chi connectivity index (χ4n) is 2.37. The lowest BCUT2D eigenvalue weighted by molar-refractivity contribution is 0.103. The zero-order valence-electron chi connectivity index (χ0n) is 12.8. The zero-order valence-corrected chi connectivity index (χ0v) is 13.6. The first kappa shape index (κ1) is 15.4. The number of carbonyl (C=O) groups is 1. The van der Waals surface area contributed by atoms with Gasteiger partial charge in [0.25, 0.3) is 0 Å². The summed E-state index contributed by atoms with van der Waals surface area (Å²) in [5.41, 5.74) is 3.83. The van der Waals surface area contributed by atoms with E-state index in [1.54, 1.807) is 10.7 Å². The van der Waals surface area contributed by atoms with Crippen LogP contribution in [0.1, 0.15) is 32.9 Å². The van der Waals surface area contributed by atoms with Gasteiger partial charge in [0, 0.05) is 11.9 Å². The number of rotatable bonds is 4. The summed E-state index contributed by atoms with van der Waals surface area (Å²) in [7, 11) is 0. The van der Waals surface area contributed by atoms with Crippen LogP contribution < -0.4 is 0 Å². The summed E-state index contributed by atoms with van der Waals surface area (Å²) in [6, 6.07) is 9.95. The van der Waals surface area contributed by atoms with Gasteiger partial charge in [0.05, 0.1) is 12.1 Å². The van der Waals surface area contributed by atoms with Crippen molar-refractivity contribution in [3.63, 3.8) is 0 Å². The van der Waals surface area contributed by atoms with E-state index in [1.165, 1.54) is 18.1 Å². The molecule has 0 aliphatic rings. The first-order valence-corrected chi connectivity index (χ1v) is 7.52. The Labute approximate surface area is 139 Å². The third-order valence-corrected chi connectivity index (χ3v) is 3.84. The molecule has 0 aliphatic carbocycles. The van der Waals surface area contributed by atoms with E-state index in [-0.39, 0.29) is 16.5 Å². The summed E-state index contributed by atoms with van der Waals surface area (Å²) >= 11 is 5.96. The molecule has 2 aromatic heterocycles. The summed E-state index contributed by atoms with van der Waals surface area (Å²) < 4.78 is 1.81. The van der Waals surface area contributed by atoms with E-state index in [4.69, 9.17) is 11.6 Å². The minimum Gasteiger partial charge on any atom is -0.287 e. The van der Waals surface area contributed by atoms with Gasteiger partial charge >= 0.3 is 0 Å². The smallest absolute Gasteiger partial charge is 0.217 e. The molecule has 5 nitrogen and oxygen atoms in total. The highest BCUT2D eigenvalue weighted by atomic mass is 35.5. The lowest BCUT2D eigenvalue weighted by Gasteiger charge is -2.05. The molecular formula is C17H15ClN4O. The molecule has 0 N–H and O–H groups in total. The molecule has 0 atom stereocenters. The molecule has 23 heavy (non-hydrogen) atoms. The Morgan fingerprint density at radius 3 is 2.83 bits per heavy atom. The minimum atomic E-state index is -0.276. The van der Waals surface area contributed by atoms with E-state index in [0.717, 1.165) is 11.3 Å². The Balaban J connectivity index is 1.89. The molecule has 3 rings (SSSR count). The van der Waals surface area contributed by atoms with Gasteiger partial charge in [-0.15, -0.1) is 0 Å². The molecule has 0 fully saturated rings. The average Bonchev–Trinajstić information content (AvgIpc) is 2.88. The third-order valence-electron chi connectivity index (χ3n) is 3.54. The van der Waals surface area contributed by atoms with Gasteiger partial charge in [0.2, 0.25) is 5.78 Å². The molecule has 3 aromatic rings. The van der Waals surface area contributed by atoms with Crippen LogP contribution >= 0.6 is 11.6 Å². The number of hydrogen-bond donors (Lipinski definition) is 0. The summed E-state index contributed by atoms with van der Waals surface area (Å²) in [6.45, 7) is 4.58. The monoisotopic (exact) mass is 326 g/mol. The molecule has 0 saturated heterocycles. The van der Waals surface area contributed by atoms with Crippen LogP contribution in [0.3, 0.4) is 0 Å². The summed E-state index contributed by atoms with van der Waals surface area (Å²) in [5, 5.41) is 4.54. The molecule has 0 aliphatic heterocycles. The Morgan fingerprint density at radius 1 is 1.26 bits per heavy atom. The highest BCUT2D eigenvalue weighted by Crippen LogP contribution is 2.16. The zero-order chi connectivity index (χ0) is 16.4. The number of hydrogen-bond acceptors (Lipinski definition) is 4. The van der Waals surface area contributed by atoms with E-state index in [9.17, 15) is 4.79 Å². The fourth-order valence-corrected chi connectivity index (χ4v) is 2.55. The molecule has 0 unspecified atom stereocenters. The van der Waals surface area contributed by atoms with Gasteiger partial charge in [-0.2, -0.15) is 5.10 Å². The number of benzene rings is 1. The normalized spacial score (nSPS) is 10.7. The van der Waals surface area contributed by atoms with E-state index in [2.05, 4.69) is 21.1 Å². The fraction of sp³-hybridized carbons (Fsp3) is 0.176. The summed E-state index contributed by atoms with van der Waals surface area (Å²) in [6.07, 6.45) is 2.72. The van der Waals surface area contributed by atoms with E-state index >= 15 is 0 Å². The lowest BCUT2D eigenvalue weighted by atomic mass is 10.1. The Kier molecular flexibility index (Phi) is 4.21. The minimum absolute atomic E-state index is 0.135. The summed E-state index contributed by atoms with van der Waals surface area (Å²) in [4.78, 5) is 20.2. The van der Waals surface area contributed by atoms with Crippen LogP contribution in [0.5, 0.6) is 0 Å². The second-order valence-corrected chi connectivity index (χ2v) is 5.73. The van der Waals surface area contributed by atoms with Gasteiger partial charge in [-0.1, -0.05) is 41.4 Å². The molecule has 6 heteroatoms. The van der Waals surface area contributed by atoms with Crippen molar-refractivity contribution in [3.8, 4) is 0 Å². The molecular weight excluding hydrogens is 312 g/mol. The SMILES string of the molecule is Cc1cccc(Cn2nc(C(=O)c3cncnc3Cl)cc2C)c1. The first-order valence-electron chi connectivity index (χ1n) is 7.15. The maximum absolute atomic E-state index is 12.5. The van der Waals surface area contributed by atoms with Gasteiger partial charge in [0.1, 0.15) is 17.2 Å². The molecule has 116 valence electrons. The molecule has 0 amide bonds.